The van der Waals surface area contributed by atoms with E-state index in [1.54, 1.807) is 24.6 Å². The van der Waals surface area contributed by atoms with Crippen molar-refractivity contribution in [1.29, 1.82) is 0 Å². The SMILES string of the molecule is COc1cc(/C=N/N=C/c2ccc(O[Si](C)(C)C(C)(C)C)cc2)cc(OC)c1O. The molecule has 0 aromatic heterocycles. The Labute approximate surface area is 174 Å². The van der Waals surface area contributed by atoms with Crippen molar-refractivity contribution in [2.75, 3.05) is 14.2 Å². The van der Waals surface area contributed by atoms with Crippen LogP contribution in [0.4, 0.5) is 0 Å². The van der Waals surface area contributed by atoms with Crippen LogP contribution in [0, 0.1) is 0 Å². The number of aromatic hydroxyl groups is 1. The Hall–Kier alpha value is -2.80. The summed E-state index contributed by atoms with van der Waals surface area (Å²) in [5.41, 5.74) is 1.62. The van der Waals surface area contributed by atoms with E-state index in [0.717, 1.165) is 11.3 Å². The number of rotatable bonds is 7. The summed E-state index contributed by atoms with van der Waals surface area (Å²) in [4.78, 5) is 0. The first-order valence-electron chi connectivity index (χ1n) is 9.38. The van der Waals surface area contributed by atoms with Gasteiger partial charge >= 0.3 is 0 Å². The van der Waals surface area contributed by atoms with Gasteiger partial charge in [-0.3, -0.25) is 0 Å². The van der Waals surface area contributed by atoms with Crippen LogP contribution in [0.25, 0.3) is 0 Å². The highest BCUT2D eigenvalue weighted by atomic mass is 28.4. The van der Waals surface area contributed by atoms with Crippen molar-refractivity contribution < 1.29 is 19.0 Å². The largest absolute Gasteiger partial charge is 0.544 e. The second-order valence-electron chi connectivity index (χ2n) is 8.19. The zero-order valence-electron chi connectivity index (χ0n) is 18.2. The van der Waals surface area contributed by atoms with Gasteiger partial charge in [-0.25, -0.2) is 0 Å². The molecule has 2 aromatic carbocycles. The van der Waals surface area contributed by atoms with E-state index < -0.39 is 8.32 Å². The Morgan fingerprint density at radius 1 is 0.862 bits per heavy atom. The molecule has 7 heteroatoms. The number of methoxy groups -OCH3 is 2. The zero-order chi connectivity index (χ0) is 21.7. The lowest BCUT2D eigenvalue weighted by Crippen LogP contribution is -2.43. The van der Waals surface area contributed by atoms with Crippen LogP contribution < -0.4 is 13.9 Å². The third-order valence-electron chi connectivity index (χ3n) is 5.04. The Bertz CT molecular complexity index is 860. The summed E-state index contributed by atoms with van der Waals surface area (Å²) in [6.07, 6.45) is 3.23. The normalized spacial score (nSPS) is 12.5. The highest BCUT2D eigenvalue weighted by Gasteiger charge is 2.38. The third kappa shape index (κ3) is 5.84. The molecule has 0 atom stereocenters. The van der Waals surface area contributed by atoms with Crippen molar-refractivity contribution in [3.63, 3.8) is 0 Å². The van der Waals surface area contributed by atoms with E-state index in [0.29, 0.717) is 17.1 Å². The molecule has 0 aliphatic carbocycles. The molecule has 0 aliphatic rings. The molecule has 29 heavy (non-hydrogen) atoms. The molecule has 156 valence electrons. The highest BCUT2D eigenvalue weighted by Crippen LogP contribution is 2.37. The molecule has 0 heterocycles. The molecule has 1 N–H and O–H groups in total. The average molecular weight is 415 g/mol. The van der Waals surface area contributed by atoms with Crippen LogP contribution in [0.1, 0.15) is 31.9 Å². The molecule has 0 saturated carbocycles. The summed E-state index contributed by atoms with van der Waals surface area (Å²) in [6, 6.07) is 11.1. The molecule has 0 bridgehead atoms. The van der Waals surface area contributed by atoms with Crippen LogP contribution in [0.2, 0.25) is 18.1 Å². The van der Waals surface area contributed by atoms with Crippen LogP contribution in [0.15, 0.2) is 46.6 Å². The minimum absolute atomic E-state index is 0.0457. The van der Waals surface area contributed by atoms with Crippen LogP contribution in [-0.2, 0) is 0 Å². The molecule has 0 unspecified atom stereocenters. The van der Waals surface area contributed by atoms with E-state index >= 15 is 0 Å². The number of nitrogens with zero attached hydrogens (tertiary/aromatic N) is 2. The molecular formula is C22H30N2O4Si. The fourth-order valence-electron chi connectivity index (χ4n) is 2.26. The quantitative estimate of drug-likeness (QED) is 0.382. The summed E-state index contributed by atoms with van der Waals surface area (Å²) >= 11 is 0. The molecule has 6 nitrogen and oxygen atoms in total. The minimum Gasteiger partial charge on any atom is -0.544 e. The standard InChI is InChI=1S/C22H30N2O4Si/c1-22(2,3)29(6,7)28-18-10-8-16(9-11-18)14-23-24-15-17-12-19(26-4)21(25)20(13-17)27-5/h8-15,25H,1-7H3/b23-14+,24-15+. The third-order valence-corrected chi connectivity index (χ3v) is 9.40. The maximum Gasteiger partial charge on any atom is 0.250 e. The molecule has 0 radical (unpaired) electrons. The second kappa shape index (κ2) is 9.13. The van der Waals surface area contributed by atoms with E-state index in [2.05, 4.69) is 44.1 Å². The van der Waals surface area contributed by atoms with Gasteiger partial charge in [-0.15, -0.1) is 0 Å². The van der Waals surface area contributed by atoms with E-state index in [1.807, 2.05) is 24.3 Å². The van der Waals surface area contributed by atoms with Gasteiger partial charge in [-0.05, 0) is 60.1 Å². The van der Waals surface area contributed by atoms with E-state index in [9.17, 15) is 5.11 Å². The lowest BCUT2D eigenvalue weighted by Gasteiger charge is -2.36. The van der Waals surface area contributed by atoms with Gasteiger partial charge in [0.15, 0.2) is 11.5 Å². The monoisotopic (exact) mass is 414 g/mol. The Morgan fingerprint density at radius 2 is 1.34 bits per heavy atom. The summed E-state index contributed by atoms with van der Waals surface area (Å²) < 4.78 is 16.5. The van der Waals surface area contributed by atoms with Crippen LogP contribution in [0.3, 0.4) is 0 Å². The molecule has 0 aliphatic heterocycles. The summed E-state index contributed by atoms with van der Waals surface area (Å²) in [7, 11) is 1.11. The molecule has 0 spiro atoms. The highest BCUT2D eigenvalue weighted by molar-refractivity contribution is 6.74. The van der Waals surface area contributed by atoms with Crippen LogP contribution in [0.5, 0.6) is 23.0 Å². The molecule has 2 aromatic rings. The van der Waals surface area contributed by atoms with Gasteiger partial charge in [0.1, 0.15) is 5.75 Å². The summed E-state index contributed by atoms with van der Waals surface area (Å²) in [6.45, 7) is 11.1. The molecular weight excluding hydrogens is 384 g/mol. The molecule has 0 saturated heterocycles. The van der Waals surface area contributed by atoms with E-state index in [-0.39, 0.29) is 10.8 Å². The predicted octanol–water partition coefficient (Wildman–Crippen LogP) is 5.25. The first-order chi connectivity index (χ1) is 13.6. The first kappa shape index (κ1) is 22.5. The lowest BCUT2D eigenvalue weighted by molar-refractivity contribution is 0.340. The summed E-state index contributed by atoms with van der Waals surface area (Å²) in [5.74, 6) is 1.45. The fraction of sp³-hybridized carbons (Fsp3) is 0.364. The average Bonchev–Trinajstić information content (AvgIpc) is 2.66. The Kier molecular flexibility index (Phi) is 7.08. The van der Waals surface area contributed by atoms with Crippen molar-refractivity contribution in [3.05, 3.63) is 47.5 Å². The minimum atomic E-state index is -1.85. The van der Waals surface area contributed by atoms with Gasteiger partial charge in [-0.2, -0.15) is 10.2 Å². The number of hydrogen-bond acceptors (Lipinski definition) is 6. The molecule has 0 fully saturated rings. The smallest absolute Gasteiger partial charge is 0.250 e. The maximum absolute atomic E-state index is 9.94. The number of phenols is 1. The van der Waals surface area contributed by atoms with E-state index in [1.165, 1.54) is 14.2 Å². The van der Waals surface area contributed by atoms with Crippen molar-refractivity contribution in [2.45, 2.75) is 38.9 Å². The van der Waals surface area contributed by atoms with Crippen molar-refractivity contribution >= 4 is 20.7 Å². The lowest BCUT2D eigenvalue weighted by atomic mass is 10.2. The van der Waals surface area contributed by atoms with Crippen molar-refractivity contribution in [3.8, 4) is 23.0 Å². The zero-order valence-corrected chi connectivity index (χ0v) is 19.2. The van der Waals surface area contributed by atoms with Gasteiger partial charge in [0, 0.05) is 5.56 Å². The number of phenolic OH excluding ortho intramolecular Hbond substituents is 1. The second-order valence-corrected chi connectivity index (χ2v) is 12.9. The molecule has 2 rings (SSSR count). The Balaban J connectivity index is 2.06. The summed E-state index contributed by atoms with van der Waals surface area (Å²) in [5, 5.41) is 18.2. The van der Waals surface area contributed by atoms with Crippen LogP contribution >= 0.6 is 0 Å². The van der Waals surface area contributed by atoms with Crippen molar-refractivity contribution in [1.82, 2.24) is 0 Å². The predicted molar refractivity (Wildman–Crippen MR) is 121 cm³/mol. The Morgan fingerprint density at radius 3 is 1.79 bits per heavy atom. The maximum atomic E-state index is 9.94. The van der Waals surface area contributed by atoms with Gasteiger partial charge in [0.2, 0.25) is 14.1 Å². The fourth-order valence-corrected chi connectivity index (χ4v) is 3.29. The topological polar surface area (TPSA) is 72.6 Å². The van der Waals surface area contributed by atoms with Gasteiger partial charge < -0.3 is 19.0 Å². The van der Waals surface area contributed by atoms with Gasteiger partial charge in [-0.1, -0.05) is 20.8 Å². The number of benzene rings is 2. The van der Waals surface area contributed by atoms with E-state index in [4.69, 9.17) is 13.9 Å². The van der Waals surface area contributed by atoms with Gasteiger partial charge in [0.25, 0.3) is 0 Å². The molecule has 0 amide bonds. The number of hydrogen-bond donors (Lipinski definition) is 1. The van der Waals surface area contributed by atoms with Crippen LogP contribution in [-0.4, -0.2) is 40.1 Å². The number of ether oxygens (including phenoxy) is 2. The first-order valence-corrected chi connectivity index (χ1v) is 12.3. The van der Waals surface area contributed by atoms with Gasteiger partial charge in [0.05, 0.1) is 26.6 Å². The van der Waals surface area contributed by atoms with Crippen molar-refractivity contribution in [2.24, 2.45) is 10.2 Å².